The molecule has 2 fully saturated rings. The summed E-state index contributed by atoms with van der Waals surface area (Å²) < 4.78 is 29.2. The first-order valence-electron chi connectivity index (χ1n) is 17.8. The van der Waals surface area contributed by atoms with Crippen LogP contribution < -0.4 is 15.0 Å². The molecule has 8 atom stereocenters. The van der Waals surface area contributed by atoms with Gasteiger partial charge in [-0.1, -0.05) is 56.2 Å². The standard InChI is InChI=1S/C38H54ClN3O10S/c1-21(2)53-15-14-31(43)41(7)24(5)35(45)51-30-19-32(44)42(8)26-17-25(18-27(48-9)33(26)39)16-22(3)12-11-13-29(49-10)38(47)20-28(50-36(46)40-38)23(4)34-37(30,6)52-34/h11-13,17-18,21,23-24,28-30,34,47H,14-16,19-20H2,1-10H3,(H,40,46)/t23-,24+,28+,29-,30-,34?,37+,38+/m1/s1. The topological polar surface area (TPSA) is 156 Å². The van der Waals surface area contributed by atoms with Crippen molar-refractivity contribution in [3.05, 3.63) is 46.5 Å². The zero-order chi connectivity index (χ0) is 39.4. The van der Waals surface area contributed by atoms with Crippen LogP contribution in [0.25, 0.3) is 0 Å². The molecular formula is C38H54ClN3O10S. The Morgan fingerprint density at radius 1 is 1.23 bits per heavy atom. The van der Waals surface area contributed by atoms with Crippen LogP contribution in [0.15, 0.2) is 35.9 Å². The number of nitrogens with one attached hydrogen (secondary N) is 1. The van der Waals surface area contributed by atoms with Crippen molar-refractivity contribution < 1.29 is 48.0 Å². The van der Waals surface area contributed by atoms with E-state index in [0.717, 1.165) is 11.1 Å². The van der Waals surface area contributed by atoms with Crippen molar-refractivity contribution in [3.63, 3.8) is 0 Å². The van der Waals surface area contributed by atoms with E-state index in [9.17, 15) is 24.3 Å². The molecule has 0 aliphatic carbocycles. The number of aliphatic hydroxyl groups is 1. The number of allylic oxidation sites excluding steroid dienone is 3. The molecule has 1 aromatic rings. The molecular weight excluding hydrogens is 726 g/mol. The van der Waals surface area contributed by atoms with E-state index in [1.165, 1.54) is 24.0 Å². The largest absolute Gasteiger partial charge is 0.495 e. The van der Waals surface area contributed by atoms with Crippen molar-refractivity contribution >= 4 is 52.9 Å². The Morgan fingerprint density at radius 2 is 1.92 bits per heavy atom. The van der Waals surface area contributed by atoms with Gasteiger partial charge in [-0.05, 0) is 50.1 Å². The summed E-state index contributed by atoms with van der Waals surface area (Å²) in [6.45, 7) is 11.1. The zero-order valence-corrected chi connectivity index (χ0v) is 33.8. The maximum absolute atomic E-state index is 14.1. The van der Waals surface area contributed by atoms with Gasteiger partial charge in [-0.3, -0.25) is 14.9 Å². The van der Waals surface area contributed by atoms with E-state index < -0.39 is 65.7 Å². The summed E-state index contributed by atoms with van der Waals surface area (Å²) in [5, 5.41) is 14.8. The smallest absolute Gasteiger partial charge is 0.409 e. The molecule has 13 nitrogen and oxygen atoms in total. The number of amides is 3. The van der Waals surface area contributed by atoms with Crippen molar-refractivity contribution in [1.82, 2.24) is 10.2 Å². The lowest BCUT2D eigenvalue weighted by Crippen LogP contribution is -2.63. The summed E-state index contributed by atoms with van der Waals surface area (Å²) in [4.78, 5) is 56.4. The van der Waals surface area contributed by atoms with Crippen LogP contribution in [-0.2, 0) is 39.8 Å². The van der Waals surface area contributed by atoms with Gasteiger partial charge in [0.25, 0.3) is 0 Å². The van der Waals surface area contributed by atoms with E-state index in [2.05, 4.69) is 5.32 Å². The molecule has 53 heavy (non-hydrogen) atoms. The van der Waals surface area contributed by atoms with E-state index in [1.54, 1.807) is 70.9 Å². The highest BCUT2D eigenvalue weighted by Gasteiger charge is 2.64. The number of alkyl carbamates (subject to hydrolysis) is 1. The van der Waals surface area contributed by atoms with Crippen LogP contribution in [0.4, 0.5) is 10.5 Å². The quantitative estimate of drug-likeness (QED) is 0.256. The summed E-state index contributed by atoms with van der Waals surface area (Å²) >= 11 is 8.41. The molecule has 3 aliphatic heterocycles. The van der Waals surface area contributed by atoms with E-state index in [-0.39, 0.29) is 30.2 Å². The molecule has 0 radical (unpaired) electrons. The summed E-state index contributed by atoms with van der Waals surface area (Å²) in [6, 6.07) is 2.64. The fraction of sp³-hybridized carbons (Fsp3) is 0.632. The number of carbonyl (C=O) groups excluding carboxylic acids is 4. The first kappa shape index (κ1) is 42.4. The minimum Gasteiger partial charge on any atom is -0.495 e. The minimum atomic E-state index is -1.82. The number of rotatable bonds is 9. The number of hydrogen-bond acceptors (Lipinski definition) is 11. The second-order valence-electron chi connectivity index (χ2n) is 14.6. The van der Waals surface area contributed by atoms with Crippen LogP contribution in [0.3, 0.4) is 0 Å². The van der Waals surface area contributed by atoms with E-state index in [0.29, 0.717) is 28.9 Å². The average molecular weight is 780 g/mol. The summed E-state index contributed by atoms with van der Waals surface area (Å²) in [5.41, 5.74) is -0.883. The average Bonchev–Trinajstić information content (AvgIpc) is 3.79. The van der Waals surface area contributed by atoms with Gasteiger partial charge in [-0.2, -0.15) is 11.8 Å². The van der Waals surface area contributed by atoms with E-state index in [4.69, 9.17) is 35.3 Å². The first-order valence-corrected chi connectivity index (χ1v) is 19.2. The number of nitrogens with zero attached hydrogens (tertiary/aromatic N) is 2. The van der Waals surface area contributed by atoms with Gasteiger partial charge in [0.15, 0.2) is 5.72 Å². The molecule has 4 bridgehead atoms. The lowest BCUT2D eigenvalue weighted by Gasteiger charge is -2.42. The van der Waals surface area contributed by atoms with Crippen molar-refractivity contribution in [2.75, 3.05) is 39.0 Å². The number of benzene rings is 1. The molecule has 3 heterocycles. The number of epoxide rings is 1. The molecule has 2 N–H and O–H groups in total. The molecule has 2 saturated heterocycles. The number of ether oxygens (including phenoxy) is 5. The Morgan fingerprint density at radius 3 is 2.57 bits per heavy atom. The normalized spacial score (nSPS) is 29.7. The number of carbonyl (C=O) groups is 4. The number of anilines is 1. The lowest BCUT2D eigenvalue weighted by atomic mass is 9.83. The number of likely N-dealkylation sites (N-methyl/N-ethyl adjacent to an activating group) is 1. The number of halogens is 1. The number of thioether (sulfide) groups is 1. The number of methoxy groups -OCH3 is 2. The maximum Gasteiger partial charge on any atom is 0.409 e. The third-order valence-electron chi connectivity index (χ3n) is 10.3. The van der Waals surface area contributed by atoms with E-state index in [1.807, 2.05) is 26.8 Å². The van der Waals surface area contributed by atoms with Crippen LogP contribution in [0.1, 0.15) is 66.4 Å². The fourth-order valence-electron chi connectivity index (χ4n) is 6.78. The van der Waals surface area contributed by atoms with Crippen LogP contribution in [0.5, 0.6) is 5.75 Å². The highest BCUT2D eigenvalue weighted by Crippen LogP contribution is 2.49. The number of hydrogen-bond donors (Lipinski definition) is 2. The second kappa shape index (κ2) is 17.4. The molecule has 0 aromatic heterocycles. The molecule has 15 heteroatoms. The molecule has 3 aliphatic rings. The minimum absolute atomic E-state index is 0.0450. The Balaban J connectivity index is 1.73. The third-order valence-corrected chi connectivity index (χ3v) is 11.8. The van der Waals surface area contributed by atoms with Crippen molar-refractivity contribution in [1.29, 1.82) is 0 Å². The Hall–Kier alpha value is -3.30. The fourth-order valence-corrected chi connectivity index (χ4v) is 7.85. The second-order valence-corrected chi connectivity index (χ2v) is 16.6. The van der Waals surface area contributed by atoms with Crippen molar-refractivity contribution in [2.45, 2.75) is 114 Å². The lowest BCUT2D eigenvalue weighted by molar-refractivity contribution is -0.162. The summed E-state index contributed by atoms with van der Waals surface area (Å²) in [5.74, 6) is -0.875. The highest BCUT2D eigenvalue weighted by atomic mass is 35.5. The molecule has 3 amide bonds. The first-order chi connectivity index (χ1) is 24.8. The summed E-state index contributed by atoms with van der Waals surface area (Å²) in [6.07, 6.45) is 1.26. The predicted molar refractivity (Wildman–Crippen MR) is 203 cm³/mol. The predicted octanol–water partition coefficient (Wildman–Crippen LogP) is 5.05. The van der Waals surface area contributed by atoms with Crippen LogP contribution in [0, 0.1) is 5.92 Å². The van der Waals surface area contributed by atoms with Crippen LogP contribution in [-0.4, -0.2) is 115 Å². The third kappa shape index (κ3) is 9.88. The zero-order valence-electron chi connectivity index (χ0n) is 32.3. The Labute approximate surface area is 321 Å². The molecule has 1 unspecified atom stereocenters. The van der Waals surface area contributed by atoms with Crippen molar-refractivity contribution in [3.8, 4) is 5.75 Å². The van der Waals surface area contributed by atoms with Crippen LogP contribution in [0.2, 0.25) is 5.02 Å². The molecule has 4 rings (SSSR count). The molecule has 0 spiro atoms. The number of esters is 1. The van der Waals surface area contributed by atoms with Gasteiger partial charge in [-0.15, -0.1) is 0 Å². The van der Waals surface area contributed by atoms with Gasteiger partial charge in [0.1, 0.15) is 40.7 Å². The Kier molecular flexibility index (Phi) is 14.0. The SMILES string of the molecule is COc1cc2cc(c1Cl)N(C)C(=O)C[C@@H](OC(=O)[C@H](C)N(C)C(=O)CCSC(C)C)[C@]1(C)OC1[C@H](C)[C@@H]1C[C@@](O)(NC(=O)O1)[C@H](OC)C=CC=C(C)C2. The van der Waals surface area contributed by atoms with Gasteiger partial charge in [-0.25, -0.2) is 9.59 Å². The summed E-state index contributed by atoms with van der Waals surface area (Å²) in [7, 11) is 6.06. The van der Waals surface area contributed by atoms with Gasteiger partial charge < -0.3 is 38.6 Å². The van der Waals surface area contributed by atoms with E-state index >= 15 is 0 Å². The maximum atomic E-state index is 14.1. The monoisotopic (exact) mass is 779 g/mol. The number of fused-ring (bicyclic) bond motifs is 5. The van der Waals surface area contributed by atoms with Gasteiger partial charge in [0.05, 0.1) is 25.3 Å². The Bertz CT molecular complexity index is 1610. The molecule has 294 valence electrons. The highest BCUT2D eigenvalue weighted by molar-refractivity contribution is 7.99. The van der Waals surface area contributed by atoms with Crippen molar-refractivity contribution in [2.24, 2.45) is 5.92 Å². The molecule has 0 saturated carbocycles. The van der Waals surface area contributed by atoms with Crippen LogP contribution >= 0.6 is 23.4 Å². The van der Waals surface area contributed by atoms with Gasteiger partial charge in [0.2, 0.25) is 11.8 Å². The molecule has 1 aromatic carbocycles. The van der Waals surface area contributed by atoms with Gasteiger partial charge >= 0.3 is 12.1 Å². The van der Waals surface area contributed by atoms with Gasteiger partial charge in [0, 0.05) is 45.7 Å².